The first-order valence-corrected chi connectivity index (χ1v) is 8.19. The van der Waals surface area contributed by atoms with Crippen LogP contribution < -0.4 is 10.6 Å². The standard InChI is InChI=1S/C14H24N4OS/c1-4-11-7-18(13(5-2)6-15-11)8-12-9-20-14(17-12)16-10(3)19/h9,11,13,15H,4-8H2,1-3H3,(H,16,17,19). The second kappa shape index (κ2) is 7.15. The van der Waals surface area contributed by atoms with E-state index in [4.69, 9.17) is 0 Å². The second-order valence-corrected chi connectivity index (χ2v) is 6.19. The molecule has 0 saturated carbocycles. The van der Waals surface area contributed by atoms with Gasteiger partial charge in [-0.25, -0.2) is 4.98 Å². The molecule has 1 aliphatic rings. The smallest absolute Gasteiger partial charge is 0.223 e. The molecule has 1 aromatic heterocycles. The van der Waals surface area contributed by atoms with Crippen molar-refractivity contribution in [1.29, 1.82) is 0 Å². The maximum atomic E-state index is 11.0. The minimum atomic E-state index is -0.0643. The molecule has 0 radical (unpaired) electrons. The first-order valence-electron chi connectivity index (χ1n) is 7.31. The summed E-state index contributed by atoms with van der Waals surface area (Å²) in [6, 6.07) is 1.15. The molecule has 2 unspecified atom stereocenters. The lowest BCUT2D eigenvalue weighted by Gasteiger charge is -2.39. The van der Waals surface area contributed by atoms with Gasteiger partial charge in [-0.15, -0.1) is 11.3 Å². The third-order valence-corrected chi connectivity index (χ3v) is 4.58. The highest BCUT2D eigenvalue weighted by atomic mass is 32.1. The van der Waals surface area contributed by atoms with Crippen molar-refractivity contribution in [2.45, 2.75) is 52.2 Å². The van der Waals surface area contributed by atoms with Gasteiger partial charge in [0.2, 0.25) is 5.91 Å². The van der Waals surface area contributed by atoms with Gasteiger partial charge >= 0.3 is 0 Å². The summed E-state index contributed by atoms with van der Waals surface area (Å²) in [4.78, 5) is 18.0. The first kappa shape index (κ1) is 15.4. The van der Waals surface area contributed by atoms with Gasteiger partial charge in [-0.1, -0.05) is 13.8 Å². The third kappa shape index (κ3) is 4.01. The summed E-state index contributed by atoms with van der Waals surface area (Å²) in [7, 11) is 0. The summed E-state index contributed by atoms with van der Waals surface area (Å²) in [6.45, 7) is 8.96. The SMILES string of the molecule is CCC1CN(Cc2csc(NC(C)=O)n2)C(CC)CN1. The Morgan fingerprint density at radius 1 is 1.55 bits per heavy atom. The van der Waals surface area contributed by atoms with Crippen molar-refractivity contribution in [2.24, 2.45) is 0 Å². The topological polar surface area (TPSA) is 57.3 Å². The van der Waals surface area contributed by atoms with Crippen LogP contribution in [-0.2, 0) is 11.3 Å². The Balaban J connectivity index is 1.98. The van der Waals surface area contributed by atoms with Crippen molar-refractivity contribution < 1.29 is 4.79 Å². The highest BCUT2D eigenvalue weighted by Crippen LogP contribution is 2.20. The summed E-state index contributed by atoms with van der Waals surface area (Å²) < 4.78 is 0. The fourth-order valence-corrected chi connectivity index (χ4v) is 3.34. The molecule has 2 rings (SSSR count). The lowest BCUT2D eigenvalue weighted by molar-refractivity contribution is -0.114. The molecule has 5 nitrogen and oxygen atoms in total. The highest BCUT2D eigenvalue weighted by Gasteiger charge is 2.26. The average Bonchev–Trinajstić information content (AvgIpc) is 2.85. The Morgan fingerprint density at radius 2 is 2.35 bits per heavy atom. The number of anilines is 1. The van der Waals surface area contributed by atoms with Crippen molar-refractivity contribution in [2.75, 3.05) is 18.4 Å². The number of hydrogen-bond donors (Lipinski definition) is 2. The minimum absolute atomic E-state index is 0.0643. The van der Waals surface area contributed by atoms with Crippen molar-refractivity contribution in [3.05, 3.63) is 11.1 Å². The maximum absolute atomic E-state index is 11.0. The largest absolute Gasteiger partial charge is 0.311 e. The van der Waals surface area contributed by atoms with E-state index in [2.05, 4.69) is 34.4 Å². The van der Waals surface area contributed by atoms with Crippen molar-refractivity contribution in [3.63, 3.8) is 0 Å². The van der Waals surface area contributed by atoms with Crippen LogP contribution in [0, 0.1) is 0 Å². The fraction of sp³-hybridized carbons (Fsp3) is 0.714. The molecule has 1 aliphatic heterocycles. The van der Waals surface area contributed by atoms with Crippen LogP contribution in [0.3, 0.4) is 0 Å². The predicted molar refractivity (Wildman–Crippen MR) is 83.0 cm³/mol. The molecule has 1 aromatic rings. The lowest BCUT2D eigenvalue weighted by Crippen LogP contribution is -2.55. The summed E-state index contributed by atoms with van der Waals surface area (Å²) >= 11 is 1.50. The Hall–Kier alpha value is -0.980. The van der Waals surface area contributed by atoms with Crippen LogP contribution in [0.1, 0.15) is 39.3 Å². The van der Waals surface area contributed by atoms with Crippen LogP contribution in [0.2, 0.25) is 0 Å². The van der Waals surface area contributed by atoms with Gasteiger partial charge < -0.3 is 10.6 Å². The minimum Gasteiger partial charge on any atom is -0.311 e. The number of carbonyl (C=O) groups is 1. The van der Waals surface area contributed by atoms with Gasteiger partial charge in [0.25, 0.3) is 0 Å². The zero-order valence-corrected chi connectivity index (χ0v) is 13.3. The third-order valence-electron chi connectivity index (χ3n) is 3.78. The van der Waals surface area contributed by atoms with E-state index in [0.29, 0.717) is 17.2 Å². The number of carbonyl (C=O) groups excluding carboxylic acids is 1. The van der Waals surface area contributed by atoms with Gasteiger partial charge in [-0.2, -0.15) is 0 Å². The maximum Gasteiger partial charge on any atom is 0.223 e. The Bertz CT molecular complexity index is 448. The van der Waals surface area contributed by atoms with Crippen LogP contribution in [0.15, 0.2) is 5.38 Å². The molecular formula is C14H24N4OS. The number of amides is 1. The average molecular weight is 296 g/mol. The van der Waals surface area contributed by atoms with Crippen LogP contribution in [0.5, 0.6) is 0 Å². The van der Waals surface area contributed by atoms with Crippen LogP contribution >= 0.6 is 11.3 Å². The van der Waals surface area contributed by atoms with Crippen molar-refractivity contribution in [1.82, 2.24) is 15.2 Å². The molecule has 2 atom stereocenters. The van der Waals surface area contributed by atoms with E-state index in [-0.39, 0.29) is 5.91 Å². The molecule has 0 spiro atoms. The zero-order chi connectivity index (χ0) is 14.5. The second-order valence-electron chi connectivity index (χ2n) is 5.33. The van der Waals surface area contributed by atoms with Crippen LogP contribution in [0.4, 0.5) is 5.13 Å². The number of rotatable bonds is 5. The van der Waals surface area contributed by atoms with Crippen molar-refractivity contribution in [3.8, 4) is 0 Å². The van der Waals surface area contributed by atoms with E-state index >= 15 is 0 Å². The van der Waals surface area contributed by atoms with Gasteiger partial charge in [-0.3, -0.25) is 9.69 Å². The molecule has 0 aromatic carbocycles. The van der Waals surface area contributed by atoms with E-state index in [1.54, 1.807) is 0 Å². The molecule has 0 aliphatic carbocycles. The first-order chi connectivity index (χ1) is 9.62. The van der Waals surface area contributed by atoms with E-state index in [1.807, 2.05) is 5.38 Å². The number of nitrogens with one attached hydrogen (secondary N) is 2. The molecule has 1 amide bonds. The summed E-state index contributed by atoms with van der Waals surface area (Å²) in [6.07, 6.45) is 2.30. The zero-order valence-electron chi connectivity index (χ0n) is 12.5. The van der Waals surface area contributed by atoms with Gasteiger partial charge in [0, 0.05) is 44.0 Å². The lowest BCUT2D eigenvalue weighted by atomic mass is 10.1. The summed E-state index contributed by atoms with van der Waals surface area (Å²) in [5, 5.41) is 9.09. The van der Waals surface area contributed by atoms with Gasteiger partial charge in [-0.05, 0) is 12.8 Å². The van der Waals surface area contributed by atoms with Gasteiger partial charge in [0.15, 0.2) is 5.13 Å². The van der Waals surface area contributed by atoms with Gasteiger partial charge in [0.05, 0.1) is 5.69 Å². The number of thiazole rings is 1. The highest BCUT2D eigenvalue weighted by molar-refractivity contribution is 7.13. The Labute approximate surface area is 124 Å². The fourth-order valence-electron chi connectivity index (χ4n) is 2.59. The molecule has 1 fully saturated rings. The van der Waals surface area contributed by atoms with E-state index in [1.165, 1.54) is 18.3 Å². The molecule has 20 heavy (non-hydrogen) atoms. The number of piperazine rings is 1. The number of nitrogens with zero attached hydrogens (tertiary/aromatic N) is 2. The van der Waals surface area contributed by atoms with Gasteiger partial charge in [0.1, 0.15) is 0 Å². The van der Waals surface area contributed by atoms with E-state index < -0.39 is 0 Å². The molecule has 112 valence electrons. The van der Waals surface area contributed by atoms with Crippen LogP contribution in [0.25, 0.3) is 0 Å². The van der Waals surface area contributed by atoms with E-state index in [9.17, 15) is 4.79 Å². The molecule has 2 heterocycles. The molecule has 0 bridgehead atoms. The molecule has 1 saturated heterocycles. The van der Waals surface area contributed by atoms with E-state index in [0.717, 1.165) is 38.2 Å². The van der Waals surface area contributed by atoms with Crippen molar-refractivity contribution >= 4 is 22.4 Å². The Kier molecular flexibility index (Phi) is 5.51. The predicted octanol–water partition coefficient (Wildman–Crippen LogP) is 2.06. The quantitative estimate of drug-likeness (QED) is 0.873. The summed E-state index contributed by atoms with van der Waals surface area (Å²) in [5.74, 6) is -0.0643. The van der Waals surface area contributed by atoms with Crippen LogP contribution in [-0.4, -0.2) is 41.0 Å². The Morgan fingerprint density at radius 3 is 3.00 bits per heavy atom. The summed E-state index contributed by atoms with van der Waals surface area (Å²) in [5.41, 5.74) is 1.05. The molecule has 6 heteroatoms. The monoisotopic (exact) mass is 296 g/mol. The number of aromatic nitrogens is 1. The normalized spacial score (nSPS) is 23.8. The molecule has 2 N–H and O–H groups in total. The number of hydrogen-bond acceptors (Lipinski definition) is 5. The molecular weight excluding hydrogens is 272 g/mol.